The first-order valence-corrected chi connectivity index (χ1v) is 5.93. The molecule has 14 heavy (non-hydrogen) atoms. The van der Waals surface area contributed by atoms with Crippen molar-refractivity contribution in [2.24, 2.45) is 17.6 Å². The van der Waals surface area contributed by atoms with Gasteiger partial charge in [0, 0.05) is 10.7 Å². The standard InChI is InChI=1S/C11H13BrN2/c12-7-4-5-10(14-6-7)11(13)8-2-1-3-9(8)11/h4-6,8-9H,1-3,13H2. The molecule has 0 spiro atoms. The minimum atomic E-state index is -0.0844. The molecule has 1 heterocycles. The zero-order chi connectivity index (χ0) is 9.76. The molecule has 3 rings (SSSR count). The first kappa shape index (κ1) is 8.86. The summed E-state index contributed by atoms with van der Waals surface area (Å²) in [4.78, 5) is 4.42. The van der Waals surface area contributed by atoms with E-state index in [1.54, 1.807) is 0 Å². The normalized spacial score (nSPS) is 39.6. The maximum Gasteiger partial charge on any atom is 0.0647 e. The fourth-order valence-electron chi connectivity index (χ4n) is 3.01. The van der Waals surface area contributed by atoms with Crippen molar-refractivity contribution in [3.05, 3.63) is 28.5 Å². The number of nitrogens with two attached hydrogens (primary N) is 1. The summed E-state index contributed by atoms with van der Waals surface area (Å²) in [6.45, 7) is 0. The molecule has 1 aromatic rings. The maximum atomic E-state index is 6.39. The van der Waals surface area contributed by atoms with Crippen molar-refractivity contribution in [2.45, 2.75) is 24.8 Å². The van der Waals surface area contributed by atoms with Crippen LogP contribution in [0.4, 0.5) is 0 Å². The van der Waals surface area contributed by atoms with Crippen LogP contribution in [0.1, 0.15) is 25.0 Å². The third-order valence-electron chi connectivity index (χ3n) is 3.80. The Morgan fingerprint density at radius 3 is 2.64 bits per heavy atom. The average molecular weight is 253 g/mol. The van der Waals surface area contributed by atoms with E-state index in [9.17, 15) is 0 Å². The third-order valence-corrected chi connectivity index (χ3v) is 4.27. The molecule has 0 aliphatic heterocycles. The van der Waals surface area contributed by atoms with Gasteiger partial charge in [0.15, 0.2) is 0 Å². The van der Waals surface area contributed by atoms with Crippen LogP contribution in [0.3, 0.4) is 0 Å². The molecule has 2 saturated carbocycles. The zero-order valence-electron chi connectivity index (χ0n) is 7.91. The predicted molar refractivity (Wildman–Crippen MR) is 58.6 cm³/mol. The molecular weight excluding hydrogens is 240 g/mol. The molecule has 0 aromatic carbocycles. The Morgan fingerprint density at radius 1 is 1.36 bits per heavy atom. The summed E-state index contributed by atoms with van der Waals surface area (Å²) in [5, 5.41) is 0. The monoisotopic (exact) mass is 252 g/mol. The third kappa shape index (κ3) is 1.03. The van der Waals surface area contributed by atoms with E-state index in [0.29, 0.717) is 11.8 Å². The summed E-state index contributed by atoms with van der Waals surface area (Å²) in [6.07, 6.45) is 5.78. The van der Waals surface area contributed by atoms with Gasteiger partial charge in [-0.2, -0.15) is 0 Å². The first-order valence-electron chi connectivity index (χ1n) is 5.14. The van der Waals surface area contributed by atoms with E-state index in [4.69, 9.17) is 5.73 Å². The Bertz CT molecular complexity index is 350. The molecule has 1 aromatic heterocycles. The number of rotatable bonds is 1. The molecule has 2 N–H and O–H groups in total. The zero-order valence-corrected chi connectivity index (χ0v) is 9.50. The molecule has 0 amide bonds. The minimum absolute atomic E-state index is 0.0844. The minimum Gasteiger partial charge on any atom is -0.320 e. The van der Waals surface area contributed by atoms with Crippen LogP contribution >= 0.6 is 15.9 Å². The van der Waals surface area contributed by atoms with Gasteiger partial charge >= 0.3 is 0 Å². The molecular formula is C11H13BrN2. The fraction of sp³-hybridized carbons (Fsp3) is 0.545. The van der Waals surface area contributed by atoms with Crippen LogP contribution in [-0.4, -0.2) is 4.98 Å². The lowest BCUT2D eigenvalue weighted by Gasteiger charge is -2.14. The van der Waals surface area contributed by atoms with Crippen LogP contribution in [0.5, 0.6) is 0 Å². The number of nitrogens with zero attached hydrogens (tertiary/aromatic N) is 1. The van der Waals surface area contributed by atoms with E-state index in [1.807, 2.05) is 12.3 Å². The van der Waals surface area contributed by atoms with Crippen molar-refractivity contribution >= 4 is 15.9 Å². The molecule has 2 unspecified atom stereocenters. The number of halogens is 1. The fourth-order valence-corrected chi connectivity index (χ4v) is 3.25. The molecule has 2 aliphatic rings. The van der Waals surface area contributed by atoms with E-state index in [0.717, 1.165) is 10.2 Å². The van der Waals surface area contributed by atoms with Gasteiger partial charge in [-0.25, -0.2) is 0 Å². The van der Waals surface area contributed by atoms with Gasteiger partial charge in [-0.3, -0.25) is 4.98 Å². The molecule has 0 radical (unpaired) electrons. The van der Waals surface area contributed by atoms with Crippen molar-refractivity contribution in [3.8, 4) is 0 Å². The van der Waals surface area contributed by atoms with Crippen LogP contribution in [-0.2, 0) is 5.54 Å². The topological polar surface area (TPSA) is 38.9 Å². The summed E-state index contributed by atoms with van der Waals surface area (Å²) in [5.41, 5.74) is 7.38. The van der Waals surface area contributed by atoms with Gasteiger partial charge in [0.2, 0.25) is 0 Å². The first-order chi connectivity index (χ1) is 6.73. The summed E-state index contributed by atoms with van der Waals surface area (Å²) in [7, 11) is 0. The second kappa shape index (κ2) is 2.80. The molecule has 2 atom stereocenters. The smallest absolute Gasteiger partial charge is 0.0647 e. The highest BCUT2D eigenvalue weighted by atomic mass is 79.9. The lowest BCUT2D eigenvalue weighted by atomic mass is 10.0. The van der Waals surface area contributed by atoms with Crippen molar-refractivity contribution in [2.75, 3.05) is 0 Å². The van der Waals surface area contributed by atoms with Crippen molar-refractivity contribution in [1.82, 2.24) is 4.98 Å². The Labute approximate surface area is 92.0 Å². The Kier molecular flexibility index (Phi) is 1.77. The number of hydrogen-bond donors (Lipinski definition) is 1. The summed E-state index contributed by atoms with van der Waals surface area (Å²) >= 11 is 3.39. The Balaban J connectivity index is 1.93. The lowest BCUT2D eigenvalue weighted by molar-refractivity contribution is 0.514. The second-order valence-corrected chi connectivity index (χ2v) is 5.35. The van der Waals surface area contributed by atoms with Gasteiger partial charge in [0.1, 0.15) is 0 Å². The number of hydrogen-bond acceptors (Lipinski definition) is 2. The molecule has 0 bridgehead atoms. The van der Waals surface area contributed by atoms with Gasteiger partial charge in [0.25, 0.3) is 0 Å². The van der Waals surface area contributed by atoms with Crippen molar-refractivity contribution < 1.29 is 0 Å². The van der Waals surface area contributed by atoms with E-state index >= 15 is 0 Å². The summed E-state index contributed by atoms with van der Waals surface area (Å²) in [6, 6.07) is 4.09. The highest BCUT2D eigenvalue weighted by Crippen LogP contribution is 2.64. The van der Waals surface area contributed by atoms with E-state index in [-0.39, 0.29) is 5.54 Å². The molecule has 2 fully saturated rings. The van der Waals surface area contributed by atoms with Crippen LogP contribution in [0, 0.1) is 11.8 Å². The quantitative estimate of drug-likeness (QED) is 0.834. The number of pyridine rings is 1. The Hall–Kier alpha value is -0.410. The van der Waals surface area contributed by atoms with Gasteiger partial charge in [-0.15, -0.1) is 0 Å². The summed E-state index contributed by atoms with van der Waals surface area (Å²) < 4.78 is 1.02. The largest absolute Gasteiger partial charge is 0.320 e. The highest BCUT2D eigenvalue weighted by molar-refractivity contribution is 9.10. The summed E-state index contributed by atoms with van der Waals surface area (Å²) in [5.74, 6) is 1.41. The van der Waals surface area contributed by atoms with Crippen molar-refractivity contribution in [1.29, 1.82) is 0 Å². The SMILES string of the molecule is NC1(c2ccc(Br)cn2)C2CCCC21. The van der Waals surface area contributed by atoms with Gasteiger partial charge in [-0.05, 0) is 52.7 Å². The highest BCUT2D eigenvalue weighted by Gasteiger charge is 2.65. The Morgan fingerprint density at radius 2 is 2.07 bits per heavy atom. The molecule has 2 nitrogen and oxygen atoms in total. The maximum absolute atomic E-state index is 6.39. The molecule has 2 aliphatic carbocycles. The van der Waals surface area contributed by atoms with Crippen LogP contribution in [0.15, 0.2) is 22.8 Å². The predicted octanol–water partition coefficient (Wildman–Crippen LogP) is 2.43. The van der Waals surface area contributed by atoms with E-state index in [2.05, 4.69) is 27.0 Å². The van der Waals surface area contributed by atoms with E-state index < -0.39 is 0 Å². The average Bonchev–Trinajstić information content (AvgIpc) is 2.63. The van der Waals surface area contributed by atoms with Gasteiger partial charge in [0.05, 0.1) is 11.2 Å². The van der Waals surface area contributed by atoms with Gasteiger partial charge in [-0.1, -0.05) is 6.42 Å². The van der Waals surface area contributed by atoms with Gasteiger partial charge < -0.3 is 5.73 Å². The number of fused-ring (bicyclic) bond motifs is 1. The van der Waals surface area contributed by atoms with Crippen LogP contribution in [0.2, 0.25) is 0 Å². The molecule has 74 valence electrons. The van der Waals surface area contributed by atoms with Crippen molar-refractivity contribution in [3.63, 3.8) is 0 Å². The lowest BCUT2D eigenvalue weighted by Crippen LogP contribution is -2.26. The molecule has 3 heteroatoms. The second-order valence-electron chi connectivity index (χ2n) is 4.44. The van der Waals surface area contributed by atoms with Crippen LogP contribution < -0.4 is 5.73 Å². The molecule has 0 saturated heterocycles. The number of aromatic nitrogens is 1. The van der Waals surface area contributed by atoms with Crippen LogP contribution in [0.25, 0.3) is 0 Å². The van der Waals surface area contributed by atoms with E-state index in [1.165, 1.54) is 19.3 Å².